The molecule has 19 heavy (non-hydrogen) atoms. The lowest BCUT2D eigenvalue weighted by Gasteiger charge is -2.07. The lowest BCUT2D eigenvalue weighted by Crippen LogP contribution is -2.21. The SMILES string of the molecule is Cc1cc(=O)c(C(=O)Nc2ccc(C)c(C)c2)c[nH]1. The summed E-state index contributed by atoms with van der Waals surface area (Å²) in [5, 5.41) is 2.73. The Bertz CT molecular complexity index is 687. The third-order valence-electron chi connectivity index (χ3n) is 3.07. The first-order valence-corrected chi connectivity index (χ1v) is 6.05. The first-order chi connectivity index (χ1) is 8.97. The Morgan fingerprint density at radius 3 is 2.47 bits per heavy atom. The second-order valence-electron chi connectivity index (χ2n) is 4.65. The number of hydrogen-bond acceptors (Lipinski definition) is 2. The summed E-state index contributed by atoms with van der Waals surface area (Å²) >= 11 is 0. The molecule has 0 aliphatic carbocycles. The van der Waals surface area contributed by atoms with E-state index in [1.807, 2.05) is 32.0 Å². The minimum atomic E-state index is -0.399. The van der Waals surface area contributed by atoms with Gasteiger partial charge in [-0.2, -0.15) is 0 Å². The van der Waals surface area contributed by atoms with Crippen molar-refractivity contribution < 1.29 is 4.79 Å². The van der Waals surface area contributed by atoms with Gasteiger partial charge in [-0.25, -0.2) is 0 Å². The molecule has 2 aromatic rings. The Morgan fingerprint density at radius 2 is 1.84 bits per heavy atom. The normalized spacial score (nSPS) is 10.3. The van der Waals surface area contributed by atoms with Crippen LogP contribution in [-0.2, 0) is 0 Å². The molecule has 0 saturated carbocycles. The summed E-state index contributed by atoms with van der Waals surface area (Å²) in [4.78, 5) is 26.6. The Kier molecular flexibility index (Phi) is 3.51. The molecule has 0 fully saturated rings. The van der Waals surface area contributed by atoms with Crippen molar-refractivity contribution in [3.8, 4) is 0 Å². The van der Waals surface area contributed by atoms with Crippen molar-refractivity contribution in [1.82, 2.24) is 4.98 Å². The maximum absolute atomic E-state index is 12.0. The number of aryl methyl sites for hydroxylation is 3. The van der Waals surface area contributed by atoms with Gasteiger partial charge in [0.25, 0.3) is 5.91 Å². The predicted molar refractivity (Wildman–Crippen MR) is 75.7 cm³/mol. The number of aromatic amines is 1. The fourth-order valence-corrected chi connectivity index (χ4v) is 1.77. The van der Waals surface area contributed by atoms with Crippen LogP contribution in [0.15, 0.2) is 35.3 Å². The number of benzene rings is 1. The number of carbonyl (C=O) groups is 1. The standard InChI is InChI=1S/C15H16N2O2/c1-9-4-5-12(6-10(9)2)17-15(19)13-8-16-11(3)7-14(13)18/h4-8H,1-3H3,(H,16,18)(H,17,19). The number of aromatic nitrogens is 1. The summed E-state index contributed by atoms with van der Waals surface area (Å²) in [5.41, 5.74) is 3.50. The van der Waals surface area contributed by atoms with Crippen molar-refractivity contribution in [2.24, 2.45) is 0 Å². The summed E-state index contributed by atoms with van der Waals surface area (Å²) in [6.45, 7) is 5.75. The number of carbonyl (C=O) groups excluding carboxylic acids is 1. The van der Waals surface area contributed by atoms with Gasteiger partial charge in [-0.3, -0.25) is 9.59 Å². The fourth-order valence-electron chi connectivity index (χ4n) is 1.77. The molecule has 0 unspecified atom stereocenters. The van der Waals surface area contributed by atoms with Crippen LogP contribution in [0, 0.1) is 20.8 Å². The molecular weight excluding hydrogens is 240 g/mol. The average Bonchev–Trinajstić information content (AvgIpc) is 2.33. The van der Waals surface area contributed by atoms with E-state index in [4.69, 9.17) is 0 Å². The van der Waals surface area contributed by atoms with E-state index in [1.165, 1.54) is 12.3 Å². The van der Waals surface area contributed by atoms with Gasteiger partial charge in [-0.1, -0.05) is 6.07 Å². The first kappa shape index (κ1) is 13.1. The number of H-pyrrole nitrogens is 1. The molecule has 0 spiro atoms. The highest BCUT2D eigenvalue weighted by Crippen LogP contribution is 2.14. The zero-order valence-electron chi connectivity index (χ0n) is 11.2. The molecule has 1 amide bonds. The van der Waals surface area contributed by atoms with Crippen LogP contribution in [0.2, 0.25) is 0 Å². The van der Waals surface area contributed by atoms with Crippen molar-refractivity contribution in [3.05, 3.63) is 63.1 Å². The zero-order chi connectivity index (χ0) is 14.0. The molecule has 4 nitrogen and oxygen atoms in total. The van der Waals surface area contributed by atoms with Crippen molar-refractivity contribution in [3.63, 3.8) is 0 Å². The molecule has 2 rings (SSSR count). The Balaban J connectivity index is 2.25. The van der Waals surface area contributed by atoms with Crippen molar-refractivity contribution in [2.75, 3.05) is 5.32 Å². The molecule has 0 bridgehead atoms. The minimum Gasteiger partial charge on any atom is -0.364 e. The van der Waals surface area contributed by atoms with Crippen LogP contribution < -0.4 is 10.7 Å². The summed E-state index contributed by atoms with van der Waals surface area (Å²) in [5.74, 6) is -0.399. The molecule has 4 heteroatoms. The summed E-state index contributed by atoms with van der Waals surface area (Å²) in [7, 11) is 0. The number of amides is 1. The van der Waals surface area contributed by atoms with E-state index in [1.54, 1.807) is 6.92 Å². The summed E-state index contributed by atoms with van der Waals surface area (Å²) in [6.07, 6.45) is 1.44. The first-order valence-electron chi connectivity index (χ1n) is 6.05. The lowest BCUT2D eigenvalue weighted by atomic mass is 10.1. The molecule has 0 aliphatic rings. The van der Waals surface area contributed by atoms with E-state index < -0.39 is 5.91 Å². The number of rotatable bonds is 2. The molecule has 0 atom stereocenters. The Labute approximate surface area is 111 Å². The van der Waals surface area contributed by atoms with Crippen molar-refractivity contribution >= 4 is 11.6 Å². The topological polar surface area (TPSA) is 62.0 Å². The quantitative estimate of drug-likeness (QED) is 0.867. The van der Waals surface area contributed by atoms with Crippen LogP contribution >= 0.6 is 0 Å². The monoisotopic (exact) mass is 256 g/mol. The van der Waals surface area contributed by atoms with Crippen LogP contribution in [0.25, 0.3) is 0 Å². The molecule has 0 radical (unpaired) electrons. The smallest absolute Gasteiger partial charge is 0.261 e. The predicted octanol–water partition coefficient (Wildman–Crippen LogP) is 2.55. The summed E-state index contributed by atoms with van der Waals surface area (Å²) in [6, 6.07) is 7.05. The van der Waals surface area contributed by atoms with Gasteiger partial charge in [-0.15, -0.1) is 0 Å². The minimum absolute atomic E-state index is 0.115. The van der Waals surface area contributed by atoms with Crippen LogP contribution in [-0.4, -0.2) is 10.9 Å². The van der Waals surface area contributed by atoms with Gasteiger partial charge in [0.2, 0.25) is 0 Å². The molecule has 1 aromatic heterocycles. The van der Waals surface area contributed by atoms with Gasteiger partial charge in [0.05, 0.1) is 0 Å². The number of anilines is 1. The van der Waals surface area contributed by atoms with E-state index >= 15 is 0 Å². The lowest BCUT2D eigenvalue weighted by molar-refractivity contribution is 0.102. The van der Waals surface area contributed by atoms with Crippen LogP contribution in [0.1, 0.15) is 27.2 Å². The van der Waals surface area contributed by atoms with Crippen molar-refractivity contribution in [1.29, 1.82) is 0 Å². The Hall–Kier alpha value is -2.36. The second kappa shape index (κ2) is 5.10. The second-order valence-corrected chi connectivity index (χ2v) is 4.65. The molecule has 1 heterocycles. The average molecular weight is 256 g/mol. The third kappa shape index (κ3) is 2.91. The molecule has 0 saturated heterocycles. The molecule has 98 valence electrons. The van der Waals surface area contributed by atoms with Crippen LogP contribution in [0.4, 0.5) is 5.69 Å². The fraction of sp³-hybridized carbons (Fsp3) is 0.200. The van der Waals surface area contributed by atoms with Gasteiger partial charge >= 0.3 is 0 Å². The van der Waals surface area contributed by atoms with E-state index in [0.717, 1.165) is 16.8 Å². The van der Waals surface area contributed by atoms with Gasteiger partial charge < -0.3 is 10.3 Å². The number of hydrogen-bond donors (Lipinski definition) is 2. The van der Waals surface area contributed by atoms with E-state index in [9.17, 15) is 9.59 Å². The highest BCUT2D eigenvalue weighted by atomic mass is 16.2. The van der Waals surface area contributed by atoms with Crippen molar-refractivity contribution in [2.45, 2.75) is 20.8 Å². The largest absolute Gasteiger partial charge is 0.364 e. The highest BCUT2D eigenvalue weighted by Gasteiger charge is 2.10. The highest BCUT2D eigenvalue weighted by molar-refractivity contribution is 6.04. The number of nitrogens with one attached hydrogen (secondary N) is 2. The van der Waals surface area contributed by atoms with E-state index in [-0.39, 0.29) is 11.0 Å². The maximum Gasteiger partial charge on any atom is 0.261 e. The molecule has 1 aromatic carbocycles. The van der Waals surface area contributed by atoms with Crippen LogP contribution in [0.3, 0.4) is 0 Å². The zero-order valence-corrected chi connectivity index (χ0v) is 11.2. The third-order valence-corrected chi connectivity index (χ3v) is 3.07. The molecule has 2 N–H and O–H groups in total. The van der Waals surface area contributed by atoms with Gasteiger partial charge in [-0.05, 0) is 44.0 Å². The van der Waals surface area contributed by atoms with Gasteiger partial charge in [0, 0.05) is 23.6 Å². The maximum atomic E-state index is 12.0. The summed E-state index contributed by atoms with van der Waals surface area (Å²) < 4.78 is 0. The van der Waals surface area contributed by atoms with Gasteiger partial charge in [0.15, 0.2) is 5.43 Å². The molecule has 0 aliphatic heterocycles. The van der Waals surface area contributed by atoms with Gasteiger partial charge in [0.1, 0.15) is 5.56 Å². The molecular formula is C15H16N2O2. The van der Waals surface area contributed by atoms with Crippen LogP contribution in [0.5, 0.6) is 0 Å². The van der Waals surface area contributed by atoms with E-state index in [0.29, 0.717) is 5.69 Å². The number of pyridine rings is 1. The van der Waals surface area contributed by atoms with E-state index in [2.05, 4.69) is 10.3 Å². The Morgan fingerprint density at radius 1 is 1.11 bits per heavy atom.